The molecule has 0 aliphatic carbocycles. The molecule has 0 fully saturated rings. The van der Waals surface area contributed by atoms with Crippen LogP contribution in [0.3, 0.4) is 0 Å². The van der Waals surface area contributed by atoms with Crippen molar-refractivity contribution in [3.8, 4) is 11.5 Å². The van der Waals surface area contributed by atoms with Gasteiger partial charge in [-0.25, -0.2) is 8.42 Å². The van der Waals surface area contributed by atoms with Gasteiger partial charge in [-0.1, -0.05) is 60.2 Å². The lowest BCUT2D eigenvalue weighted by molar-refractivity contribution is -0.142. The minimum atomic E-state index is -3.66. The van der Waals surface area contributed by atoms with Crippen LogP contribution in [0.2, 0.25) is 0 Å². The number of rotatable bonds is 12. The van der Waals surface area contributed by atoms with Gasteiger partial charge < -0.3 is 19.7 Å². The number of anilines is 1. The molecular formula is C34H43N3O6S. The zero-order valence-electron chi connectivity index (χ0n) is 26.2. The Morgan fingerprint density at radius 1 is 0.909 bits per heavy atom. The quantitative estimate of drug-likeness (QED) is 0.310. The lowest BCUT2D eigenvalue weighted by atomic mass is 10.00. The number of hydrogen-bond acceptors (Lipinski definition) is 6. The summed E-state index contributed by atoms with van der Waals surface area (Å²) in [5.74, 6) is 0.577. The minimum Gasteiger partial charge on any atom is -0.486 e. The van der Waals surface area contributed by atoms with Gasteiger partial charge in [-0.3, -0.25) is 13.9 Å². The smallest absolute Gasteiger partial charge is 0.243 e. The Morgan fingerprint density at radius 3 is 2.25 bits per heavy atom. The molecule has 44 heavy (non-hydrogen) atoms. The molecule has 3 aromatic rings. The zero-order chi connectivity index (χ0) is 31.9. The predicted octanol–water partition coefficient (Wildman–Crippen LogP) is 4.87. The molecule has 2 amide bonds. The number of nitrogens with zero attached hydrogens (tertiary/aromatic N) is 2. The second kappa shape index (κ2) is 14.2. The molecule has 1 aliphatic heterocycles. The Labute approximate surface area is 261 Å². The molecule has 0 bridgehead atoms. The Hall–Kier alpha value is -4.05. The van der Waals surface area contributed by atoms with Crippen molar-refractivity contribution >= 4 is 27.5 Å². The standard InChI is InChI=1S/C34H43N3O6S/c1-25-11-9-14-27(21-25)24-36(29(33(39)35-34(2,3)4)22-26-12-7-6-8-13-26)32(38)15-10-18-37(44(5,40)41)28-16-17-30-31(23-28)43-20-19-42-30/h6-9,11-14,16-17,21,23,29H,10,15,18-20,22,24H2,1-5H3,(H,35,39). The molecular weight excluding hydrogens is 578 g/mol. The monoisotopic (exact) mass is 621 g/mol. The third kappa shape index (κ3) is 9.22. The summed E-state index contributed by atoms with van der Waals surface area (Å²) in [6.07, 6.45) is 1.79. The number of sulfonamides is 1. The largest absolute Gasteiger partial charge is 0.486 e. The molecule has 1 heterocycles. The fraction of sp³-hybridized carbons (Fsp3) is 0.412. The maximum Gasteiger partial charge on any atom is 0.243 e. The molecule has 0 saturated carbocycles. The van der Waals surface area contributed by atoms with Crippen LogP contribution in [0.25, 0.3) is 0 Å². The maximum atomic E-state index is 14.0. The Bertz CT molecular complexity index is 1550. The number of ether oxygens (including phenoxy) is 2. The molecule has 1 aliphatic rings. The fourth-order valence-corrected chi connectivity index (χ4v) is 6.16. The van der Waals surface area contributed by atoms with Crippen LogP contribution in [0, 0.1) is 6.92 Å². The summed E-state index contributed by atoms with van der Waals surface area (Å²) in [5, 5.41) is 3.07. The van der Waals surface area contributed by atoms with E-state index in [1.165, 1.54) is 4.31 Å². The molecule has 0 saturated heterocycles. The first-order chi connectivity index (χ1) is 20.8. The van der Waals surface area contributed by atoms with E-state index in [1.807, 2.05) is 82.3 Å². The van der Waals surface area contributed by atoms with Crippen LogP contribution in [0.5, 0.6) is 11.5 Å². The second-order valence-electron chi connectivity index (χ2n) is 12.2. The van der Waals surface area contributed by atoms with Crippen LogP contribution < -0.4 is 19.1 Å². The number of carbonyl (C=O) groups excluding carboxylic acids is 2. The normalized spacial score (nSPS) is 13.6. The summed E-state index contributed by atoms with van der Waals surface area (Å²) in [4.78, 5) is 29.4. The van der Waals surface area contributed by atoms with Crippen LogP contribution in [0.15, 0.2) is 72.8 Å². The third-order valence-electron chi connectivity index (χ3n) is 7.17. The number of hydrogen-bond donors (Lipinski definition) is 1. The van der Waals surface area contributed by atoms with Crippen LogP contribution in [0.1, 0.15) is 50.3 Å². The summed E-state index contributed by atoms with van der Waals surface area (Å²) >= 11 is 0. The molecule has 1 N–H and O–H groups in total. The summed E-state index contributed by atoms with van der Waals surface area (Å²) < 4.78 is 38.1. The summed E-state index contributed by atoms with van der Waals surface area (Å²) in [7, 11) is -3.66. The minimum absolute atomic E-state index is 0.0521. The van der Waals surface area contributed by atoms with Crippen molar-refractivity contribution in [3.05, 3.63) is 89.5 Å². The van der Waals surface area contributed by atoms with Gasteiger partial charge >= 0.3 is 0 Å². The lowest BCUT2D eigenvalue weighted by Crippen LogP contribution is -2.54. The van der Waals surface area contributed by atoms with Gasteiger partial charge in [0.2, 0.25) is 21.8 Å². The molecule has 0 spiro atoms. The molecule has 1 atom stereocenters. The van der Waals surface area contributed by atoms with Crippen molar-refractivity contribution in [2.75, 3.05) is 30.3 Å². The second-order valence-corrected chi connectivity index (χ2v) is 14.1. The predicted molar refractivity (Wildman–Crippen MR) is 172 cm³/mol. The van der Waals surface area contributed by atoms with Crippen molar-refractivity contribution in [2.24, 2.45) is 0 Å². The molecule has 10 heteroatoms. The highest BCUT2D eigenvalue weighted by Crippen LogP contribution is 2.35. The molecule has 1 unspecified atom stereocenters. The highest BCUT2D eigenvalue weighted by atomic mass is 32.2. The van der Waals surface area contributed by atoms with Gasteiger partial charge in [0.05, 0.1) is 11.9 Å². The van der Waals surface area contributed by atoms with E-state index in [1.54, 1.807) is 23.1 Å². The highest BCUT2D eigenvalue weighted by Gasteiger charge is 2.32. The van der Waals surface area contributed by atoms with Gasteiger partial charge in [0.1, 0.15) is 19.3 Å². The number of benzene rings is 3. The number of carbonyl (C=O) groups is 2. The van der Waals surface area contributed by atoms with Crippen LogP contribution in [-0.4, -0.2) is 62.7 Å². The van der Waals surface area contributed by atoms with Crippen molar-refractivity contribution in [1.82, 2.24) is 10.2 Å². The van der Waals surface area contributed by atoms with Gasteiger partial charge in [-0.05, 0) is 57.4 Å². The first-order valence-corrected chi connectivity index (χ1v) is 16.7. The maximum absolute atomic E-state index is 14.0. The van der Waals surface area contributed by atoms with Gasteiger partial charge in [0.15, 0.2) is 11.5 Å². The molecule has 0 radical (unpaired) electrons. The molecule has 4 rings (SSSR count). The van der Waals surface area contributed by atoms with E-state index >= 15 is 0 Å². The first kappa shape index (κ1) is 32.9. The van der Waals surface area contributed by atoms with E-state index in [0.717, 1.165) is 22.9 Å². The van der Waals surface area contributed by atoms with Crippen LogP contribution in [0.4, 0.5) is 5.69 Å². The van der Waals surface area contributed by atoms with Crippen LogP contribution in [-0.2, 0) is 32.6 Å². The average molecular weight is 622 g/mol. The van der Waals surface area contributed by atoms with Crippen molar-refractivity contribution in [1.29, 1.82) is 0 Å². The molecule has 9 nitrogen and oxygen atoms in total. The van der Waals surface area contributed by atoms with Crippen molar-refractivity contribution in [2.45, 2.75) is 65.1 Å². The fourth-order valence-electron chi connectivity index (χ4n) is 5.21. The van der Waals surface area contributed by atoms with E-state index in [2.05, 4.69) is 5.32 Å². The summed E-state index contributed by atoms with van der Waals surface area (Å²) in [5.41, 5.74) is 2.84. The highest BCUT2D eigenvalue weighted by molar-refractivity contribution is 7.92. The average Bonchev–Trinajstić information content (AvgIpc) is 2.96. The molecule has 236 valence electrons. The van der Waals surface area contributed by atoms with Crippen molar-refractivity contribution in [3.63, 3.8) is 0 Å². The van der Waals surface area contributed by atoms with E-state index < -0.39 is 21.6 Å². The Morgan fingerprint density at radius 2 is 1.59 bits per heavy atom. The van der Waals surface area contributed by atoms with Crippen molar-refractivity contribution < 1.29 is 27.5 Å². The van der Waals surface area contributed by atoms with Gasteiger partial charge in [0.25, 0.3) is 0 Å². The van der Waals surface area contributed by atoms with Gasteiger partial charge in [-0.15, -0.1) is 0 Å². The number of fused-ring (bicyclic) bond motifs is 1. The molecule has 0 aromatic heterocycles. The summed E-state index contributed by atoms with van der Waals surface area (Å²) in [6.45, 7) is 8.86. The van der Waals surface area contributed by atoms with Crippen LogP contribution >= 0.6 is 0 Å². The van der Waals surface area contributed by atoms with Gasteiger partial charge in [-0.2, -0.15) is 0 Å². The van der Waals surface area contributed by atoms with E-state index in [0.29, 0.717) is 36.8 Å². The SMILES string of the molecule is Cc1cccc(CN(C(=O)CCCN(c2ccc3c(c2)OCCO3)S(C)(=O)=O)C(Cc2ccccc2)C(=O)NC(C)(C)C)c1. The number of amides is 2. The molecule has 3 aromatic carbocycles. The first-order valence-electron chi connectivity index (χ1n) is 14.9. The van der Waals surface area contributed by atoms with E-state index in [4.69, 9.17) is 9.47 Å². The lowest BCUT2D eigenvalue weighted by Gasteiger charge is -2.34. The Kier molecular flexibility index (Phi) is 10.6. The zero-order valence-corrected chi connectivity index (χ0v) is 27.0. The topological polar surface area (TPSA) is 105 Å². The Balaban J connectivity index is 1.59. The van der Waals surface area contributed by atoms with Gasteiger partial charge in [0, 0.05) is 37.5 Å². The third-order valence-corrected chi connectivity index (χ3v) is 8.36. The summed E-state index contributed by atoms with van der Waals surface area (Å²) in [6, 6.07) is 21.8. The number of nitrogens with one attached hydrogen (secondary N) is 1. The van der Waals surface area contributed by atoms with E-state index in [-0.39, 0.29) is 37.7 Å². The number of aryl methyl sites for hydroxylation is 1. The van der Waals surface area contributed by atoms with E-state index in [9.17, 15) is 18.0 Å².